The molecule has 2 saturated heterocycles. The van der Waals surface area contributed by atoms with Gasteiger partial charge in [-0.2, -0.15) is 0 Å². The molecule has 2 fully saturated rings. The van der Waals surface area contributed by atoms with Gasteiger partial charge in [-0.15, -0.1) is 0 Å². The number of hydrogen-bond acceptors (Lipinski definition) is 9. The molecule has 5 atom stereocenters. The predicted molar refractivity (Wildman–Crippen MR) is 258 cm³/mol. The van der Waals surface area contributed by atoms with E-state index in [0.717, 1.165) is 50.1 Å². The van der Waals surface area contributed by atoms with E-state index < -0.39 is 44.6 Å². The number of carbonyl (C=O) groups excluding carboxylic acids is 5. The molecule has 14 nitrogen and oxygen atoms in total. The molecule has 352 valence electrons. The third-order valence-corrected chi connectivity index (χ3v) is 15.3. The summed E-state index contributed by atoms with van der Waals surface area (Å²) in [6.07, 6.45) is 5.41. The lowest BCUT2D eigenvalue weighted by molar-refractivity contribution is -0.154. The number of nitrogens with zero attached hydrogens (tertiary/aromatic N) is 5. The van der Waals surface area contributed by atoms with Crippen molar-refractivity contribution in [1.29, 1.82) is 0 Å². The fraction of sp³-hybridized carbons (Fsp3) is 0.490. The standard InChI is InChI=1S/C51H67N7O7Si/c1-10-43(59)56-24-21-36(29-56)48(61)55(8)45(31(3)4)47(60)54-66-42-26-33-15-12-16-34(25-33)35-19-20-41-38(27-35)39(46(57(41)11-2)37-17-13-22-52-44(37)32(5)64-9)28-51(6,7)30-65-50(63)40-18-14-23-58(53-40)49(42)62/h10,12-13,15-17,19-20,22,25,27,31-32,36,40,42,45,53H,1,11,14,18,21,23-24,26,28-30,66H2,2-9H3,(H,54,60)/t32-,36+,40-,42?,45-/m0/s1. The summed E-state index contributed by atoms with van der Waals surface area (Å²) in [6.45, 7) is 17.8. The molecule has 15 heteroatoms. The molecular weight excluding hydrogens is 851 g/mol. The topological polar surface area (TPSA) is 155 Å². The average molecular weight is 918 g/mol. The van der Waals surface area contributed by atoms with E-state index >= 15 is 0 Å². The largest absolute Gasteiger partial charge is 0.464 e. The van der Waals surface area contributed by atoms with Crippen LogP contribution in [0.15, 0.2) is 73.4 Å². The Kier molecular flexibility index (Phi) is 15.0. The van der Waals surface area contributed by atoms with Crippen LogP contribution in [0.2, 0.25) is 5.54 Å². The van der Waals surface area contributed by atoms with E-state index in [1.54, 1.807) is 30.3 Å². The Balaban J connectivity index is 1.25. The van der Waals surface area contributed by atoms with Gasteiger partial charge in [0, 0.05) is 68.4 Å². The van der Waals surface area contributed by atoms with Gasteiger partial charge in [0.2, 0.25) is 23.6 Å². The van der Waals surface area contributed by atoms with Gasteiger partial charge in [0.1, 0.15) is 21.8 Å². The predicted octanol–water partition coefficient (Wildman–Crippen LogP) is 5.77. The first-order valence-electron chi connectivity index (χ1n) is 23.5. The fourth-order valence-electron chi connectivity index (χ4n) is 10.1. The number of hydrazine groups is 1. The number of amides is 4. The SMILES string of the molecule is C=CC(=O)N1CC[C@@H](C(=O)N(C)[C@H](C(=O)N[SiH2]C2Cc3cccc(c3)-c3ccc4c(c3)c(c(-c3cccnc3[C@H](C)OC)n4CC)CC(C)(C)COC(=O)[C@@H]3CCCN(N3)C2=O)C(C)C)C1. The molecule has 2 N–H and O–H groups in total. The highest BCUT2D eigenvalue weighted by Crippen LogP contribution is 2.42. The van der Waals surface area contributed by atoms with Crippen molar-refractivity contribution in [3.8, 4) is 22.4 Å². The van der Waals surface area contributed by atoms with Gasteiger partial charge in [0.25, 0.3) is 0 Å². The molecule has 0 spiro atoms. The van der Waals surface area contributed by atoms with Crippen molar-refractivity contribution < 1.29 is 33.4 Å². The van der Waals surface area contributed by atoms with Crippen molar-refractivity contribution >= 4 is 50.2 Å². The third kappa shape index (κ3) is 10.2. The Morgan fingerprint density at radius 1 is 1.08 bits per heavy atom. The Labute approximate surface area is 391 Å². The van der Waals surface area contributed by atoms with Crippen LogP contribution in [-0.2, 0) is 52.8 Å². The van der Waals surface area contributed by atoms with Gasteiger partial charge in [0.05, 0.1) is 35.6 Å². The Bertz CT molecular complexity index is 2480. The number of esters is 1. The Hall–Kier alpha value is -5.64. The van der Waals surface area contributed by atoms with Gasteiger partial charge >= 0.3 is 5.97 Å². The van der Waals surface area contributed by atoms with Crippen molar-refractivity contribution in [2.45, 2.75) is 104 Å². The van der Waals surface area contributed by atoms with Crippen LogP contribution in [0.4, 0.5) is 0 Å². The number of carbonyl (C=O) groups is 5. The number of nitrogens with one attached hydrogen (secondary N) is 2. The van der Waals surface area contributed by atoms with E-state index in [9.17, 15) is 24.0 Å². The van der Waals surface area contributed by atoms with Crippen LogP contribution < -0.4 is 10.4 Å². The third-order valence-electron chi connectivity index (χ3n) is 13.6. The molecule has 0 radical (unpaired) electrons. The maximum Gasteiger partial charge on any atom is 0.324 e. The number of ether oxygens (including phenoxy) is 2. The van der Waals surface area contributed by atoms with Crippen molar-refractivity contribution in [1.82, 2.24) is 34.8 Å². The summed E-state index contributed by atoms with van der Waals surface area (Å²) in [5.74, 6) is -1.95. The van der Waals surface area contributed by atoms with Gasteiger partial charge < -0.3 is 28.8 Å². The number of aromatic nitrogens is 2. The number of fused-ring (bicyclic) bond motifs is 6. The normalized spacial score (nSPS) is 21.1. The summed E-state index contributed by atoms with van der Waals surface area (Å²) in [5, 5.41) is 2.65. The highest BCUT2D eigenvalue weighted by Gasteiger charge is 2.39. The van der Waals surface area contributed by atoms with Crippen molar-refractivity contribution in [3.63, 3.8) is 0 Å². The maximum atomic E-state index is 14.7. The maximum absolute atomic E-state index is 14.7. The molecule has 4 aromatic rings. The number of likely N-dealkylation sites (tertiary alicyclic amines) is 1. The number of hydrogen-bond donors (Lipinski definition) is 2. The van der Waals surface area contributed by atoms with Crippen LogP contribution in [-0.4, -0.2) is 116 Å². The minimum absolute atomic E-state index is 0.161. The molecule has 2 aromatic heterocycles. The van der Waals surface area contributed by atoms with E-state index in [1.807, 2.05) is 39.0 Å². The molecule has 66 heavy (non-hydrogen) atoms. The summed E-state index contributed by atoms with van der Waals surface area (Å²) in [4.78, 5) is 80.0. The smallest absolute Gasteiger partial charge is 0.324 e. The lowest BCUT2D eigenvalue weighted by atomic mass is 9.84. The van der Waals surface area contributed by atoms with E-state index in [4.69, 9.17) is 14.5 Å². The zero-order chi connectivity index (χ0) is 47.4. The summed E-state index contributed by atoms with van der Waals surface area (Å²) >= 11 is 0. The van der Waals surface area contributed by atoms with Crippen LogP contribution in [0.3, 0.4) is 0 Å². The molecule has 0 aliphatic carbocycles. The summed E-state index contributed by atoms with van der Waals surface area (Å²) in [6, 6.07) is 17.4. The van der Waals surface area contributed by atoms with Crippen LogP contribution in [0.25, 0.3) is 33.3 Å². The van der Waals surface area contributed by atoms with Gasteiger partial charge in [-0.25, -0.2) is 5.43 Å². The van der Waals surface area contributed by atoms with Crippen LogP contribution in [0.1, 0.15) is 83.7 Å². The van der Waals surface area contributed by atoms with Crippen molar-refractivity contribution in [2.24, 2.45) is 17.3 Å². The van der Waals surface area contributed by atoms with Crippen LogP contribution in [0.5, 0.6) is 0 Å². The number of methoxy groups -OCH3 is 1. The summed E-state index contributed by atoms with van der Waals surface area (Å²) in [7, 11) is 1.64. The molecule has 6 bridgehead atoms. The van der Waals surface area contributed by atoms with Gasteiger partial charge in [0.15, 0.2) is 0 Å². The number of cyclic esters (lactones) is 1. The lowest BCUT2D eigenvalue weighted by Gasteiger charge is -2.36. The Morgan fingerprint density at radius 3 is 2.58 bits per heavy atom. The second-order valence-corrected chi connectivity index (χ2v) is 21.1. The van der Waals surface area contributed by atoms with Gasteiger partial charge in [-0.1, -0.05) is 64.6 Å². The number of likely N-dealkylation sites (N-methyl/N-ethyl adjacent to an activating group) is 1. The molecule has 3 aliphatic rings. The van der Waals surface area contributed by atoms with Crippen molar-refractivity contribution in [2.75, 3.05) is 40.4 Å². The molecule has 0 saturated carbocycles. The molecule has 2 aromatic carbocycles. The summed E-state index contributed by atoms with van der Waals surface area (Å²) < 4.78 is 14.3. The second kappa shape index (κ2) is 20.5. The van der Waals surface area contributed by atoms with Crippen LogP contribution in [0, 0.1) is 17.3 Å². The molecule has 4 amide bonds. The number of aryl methyl sites for hydroxylation is 1. The quantitative estimate of drug-likeness (QED) is 0.109. The molecule has 3 aliphatic heterocycles. The molecule has 7 rings (SSSR count). The fourth-order valence-corrected chi connectivity index (χ4v) is 11.6. The zero-order valence-electron chi connectivity index (χ0n) is 39.9. The van der Waals surface area contributed by atoms with Crippen molar-refractivity contribution in [3.05, 3.63) is 90.3 Å². The zero-order valence-corrected chi connectivity index (χ0v) is 41.3. The number of rotatable bonds is 11. The minimum atomic E-state index is -1.70. The molecular formula is C51H67N7O7Si. The first kappa shape index (κ1) is 48.3. The molecule has 5 heterocycles. The van der Waals surface area contributed by atoms with E-state index in [2.05, 4.69) is 78.7 Å². The van der Waals surface area contributed by atoms with Gasteiger partial charge in [-0.05, 0) is 104 Å². The molecule has 1 unspecified atom stereocenters. The first-order valence-corrected chi connectivity index (χ1v) is 25.0. The Morgan fingerprint density at radius 2 is 1.85 bits per heavy atom. The lowest BCUT2D eigenvalue weighted by Crippen LogP contribution is -2.58. The second-order valence-electron chi connectivity index (χ2n) is 19.3. The monoisotopic (exact) mass is 917 g/mol. The van der Waals surface area contributed by atoms with E-state index in [1.165, 1.54) is 11.0 Å². The average Bonchev–Trinajstić information content (AvgIpc) is 3.93. The number of pyridine rings is 1. The van der Waals surface area contributed by atoms with Gasteiger partial charge in [-0.3, -0.25) is 34.0 Å². The van der Waals surface area contributed by atoms with E-state index in [0.29, 0.717) is 51.7 Å². The van der Waals surface area contributed by atoms with E-state index in [-0.39, 0.29) is 48.8 Å². The number of benzene rings is 2. The highest BCUT2D eigenvalue weighted by molar-refractivity contribution is 6.45. The van der Waals surface area contributed by atoms with Crippen LogP contribution >= 0.6 is 0 Å². The minimum Gasteiger partial charge on any atom is -0.464 e. The first-order chi connectivity index (χ1) is 31.5. The highest BCUT2D eigenvalue weighted by atomic mass is 28.2. The summed E-state index contributed by atoms with van der Waals surface area (Å²) in [5.41, 5.74) is 10.3.